The molecule has 0 atom stereocenters. The van der Waals surface area contributed by atoms with Crippen LogP contribution in [-0.4, -0.2) is 65.7 Å². The number of hydrogen-bond acceptors (Lipinski definition) is 3. The molecule has 4 heteroatoms. The van der Waals surface area contributed by atoms with Crippen LogP contribution in [0.5, 0.6) is 0 Å². The first kappa shape index (κ1) is 7.26. The van der Waals surface area contributed by atoms with Crippen molar-refractivity contribution in [3.8, 4) is 0 Å². The van der Waals surface area contributed by atoms with Gasteiger partial charge in [-0.15, -0.1) is 0 Å². The molecule has 0 aromatic carbocycles. The summed E-state index contributed by atoms with van der Waals surface area (Å²) < 4.78 is 1.28. The van der Waals surface area contributed by atoms with E-state index in [-0.39, 0.29) is 0 Å². The lowest BCUT2D eigenvalue weighted by atomic mass is 10.3. The Balaban J connectivity index is 1.90. The van der Waals surface area contributed by atoms with Gasteiger partial charge in [-0.25, -0.2) is 14.7 Å². The van der Waals surface area contributed by atoms with Crippen LogP contribution in [0.15, 0.2) is 0 Å². The quantitative estimate of drug-likeness (QED) is 0.491. The van der Waals surface area contributed by atoms with Gasteiger partial charge < -0.3 is 0 Å². The van der Waals surface area contributed by atoms with Crippen LogP contribution in [0.1, 0.15) is 6.92 Å². The molecule has 4 saturated heterocycles. The Bertz CT molecular complexity index is 168. The predicted molar refractivity (Wildman–Crippen MR) is 45.5 cm³/mol. The number of hydrogen-bond donors (Lipinski definition) is 0. The maximum Gasteiger partial charge on any atom is 0.139 e. The van der Waals surface area contributed by atoms with Crippen molar-refractivity contribution in [2.24, 2.45) is 0 Å². The van der Waals surface area contributed by atoms with Crippen molar-refractivity contribution in [3.63, 3.8) is 0 Å². The summed E-state index contributed by atoms with van der Waals surface area (Å²) in [6, 6.07) is 0. The van der Waals surface area contributed by atoms with Crippen molar-refractivity contribution in [1.29, 1.82) is 0 Å². The molecular formula is C8H17N4+. The van der Waals surface area contributed by atoms with Crippen molar-refractivity contribution in [2.75, 3.05) is 46.6 Å². The van der Waals surface area contributed by atoms with Crippen LogP contribution in [0.3, 0.4) is 0 Å². The maximum atomic E-state index is 2.56. The van der Waals surface area contributed by atoms with E-state index in [9.17, 15) is 0 Å². The molecule has 0 saturated carbocycles. The van der Waals surface area contributed by atoms with Crippen molar-refractivity contribution < 1.29 is 4.48 Å². The third-order valence-corrected chi connectivity index (χ3v) is 3.37. The molecule has 68 valence electrons. The minimum Gasteiger partial charge on any atom is -0.286 e. The second-order valence-corrected chi connectivity index (χ2v) is 4.52. The van der Waals surface area contributed by atoms with E-state index in [1.165, 1.54) is 51.0 Å². The molecule has 12 heavy (non-hydrogen) atoms. The molecule has 0 aromatic rings. The van der Waals surface area contributed by atoms with Crippen LogP contribution in [0.2, 0.25) is 0 Å². The summed E-state index contributed by atoms with van der Waals surface area (Å²) in [7, 11) is 0. The minimum absolute atomic E-state index is 1.20. The zero-order valence-corrected chi connectivity index (χ0v) is 7.74. The third kappa shape index (κ3) is 0.864. The van der Waals surface area contributed by atoms with Crippen LogP contribution in [-0.2, 0) is 0 Å². The fourth-order valence-electron chi connectivity index (χ4n) is 2.96. The summed E-state index contributed by atoms with van der Waals surface area (Å²) in [5.74, 6) is 0. The van der Waals surface area contributed by atoms with E-state index in [0.29, 0.717) is 0 Å². The minimum atomic E-state index is 1.20. The molecule has 0 unspecified atom stereocenters. The molecule has 4 nitrogen and oxygen atoms in total. The largest absolute Gasteiger partial charge is 0.286 e. The lowest BCUT2D eigenvalue weighted by Crippen LogP contribution is -2.79. The monoisotopic (exact) mass is 169 g/mol. The van der Waals surface area contributed by atoms with Gasteiger partial charge in [0.05, 0.1) is 26.6 Å². The maximum absolute atomic E-state index is 2.56. The van der Waals surface area contributed by atoms with Gasteiger partial charge >= 0.3 is 0 Å². The van der Waals surface area contributed by atoms with E-state index in [2.05, 4.69) is 21.6 Å². The lowest BCUT2D eigenvalue weighted by molar-refractivity contribution is -0.978. The molecule has 4 fully saturated rings. The van der Waals surface area contributed by atoms with E-state index >= 15 is 0 Å². The van der Waals surface area contributed by atoms with Gasteiger partial charge in [-0.2, -0.15) is 0 Å². The van der Waals surface area contributed by atoms with Gasteiger partial charge in [0.15, 0.2) is 0 Å². The average molecular weight is 169 g/mol. The normalized spacial score (nSPS) is 56.2. The van der Waals surface area contributed by atoms with Crippen molar-refractivity contribution in [1.82, 2.24) is 14.7 Å². The molecular weight excluding hydrogens is 152 g/mol. The van der Waals surface area contributed by atoms with Crippen LogP contribution >= 0.6 is 0 Å². The van der Waals surface area contributed by atoms with E-state index in [4.69, 9.17) is 0 Å². The zero-order valence-electron chi connectivity index (χ0n) is 7.74. The summed E-state index contributed by atoms with van der Waals surface area (Å²) in [6.07, 6.45) is 0. The molecule has 0 amide bonds. The average Bonchev–Trinajstić information content (AvgIpc) is 2.02. The molecule has 0 N–H and O–H groups in total. The van der Waals surface area contributed by atoms with Crippen molar-refractivity contribution in [2.45, 2.75) is 6.92 Å². The fraction of sp³-hybridized carbons (Fsp3) is 1.00. The third-order valence-electron chi connectivity index (χ3n) is 3.37. The number of quaternary nitrogens is 1. The van der Waals surface area contributed by atoms with Crippen LogP contribution in [0, 0.1) is 0 Å². The second kappa shape index (κ2) is 2.20. The summed E-state index contributed by atoms with van der Waals surface area (Å²) >= 11 is 0. The van der Waals surface area contributed by atoms with Gasteiger partial charge in [0.1, 0.15) is 20.0 Å². The summed E-state index contributed by atoms with van der Waals surface area (Å²) in [5, 5.41) is 0. The zero-order chi connectivity index (χ0) is 8.18. The summed E-state index contributed by atoms with van der Waals surface area (Å²) in [4.78, 5) is 7.67. The SMILES string of the molecule is CC[N+]12CN3CN(CN(C3)C1)C2. The van der Waals surface area contributed by atoms with Gasteiger partial charge in [-0.05, 0) is 6.92 Å². The second-order valence-electron chi connectivity index (χ2n) is 4.52. The predicted octanol–water partition coefficient (Wildman–Crippen LogP) is -0.485. The van der Waals surface area contributed by atoms with Crippen molar-refractivity contribution >= 4 is 0 Å². The van der Waals surface area contributed by atoms with E-state index in [1.807, 2.05) is 0 Å². The van der Waals surface area contributed by atoms with Crippen molar-refractivity contribution in [3.05, 3.63) is 0 Å². The molecule has 0 spiro atoms. The van der Waals surface area contributed by atoms with Crippen LogP contribution in [0.4, 0.5) is 0 Å². The fourth-order valence-corrected chi connectivity index (χ4v) is 2.96. The van der Waals surface area contributed by atoms with Gasteiger partial charge in [-0.3, -0.25) is 4.48 Å². The topological polar surface area (TPSA) is 9.72 Å². The summed E-state index contributed by atoms with van der Waals surface area (Å²) in [6.45, 7) is 11.1. The number of nitrogens with zero attached hydrogens (tertiary/aromatic N) is 4. The van der Waals surface area contributed by atoms with E-state index in [1.54, 1.807) is 0 Å². The van der Waals surface area contributed by atoms with E-state index < -0.39 is 0 Å². The molecule has 4 rings (SSSR count). The van der Waals surface area contributed by atoms with Gasteiger partial charge in [0.2, 0.25) is 0 Å². The molecule has 0 aromatic heterocycles. The highest BCUT2D eigenvalue weighted by atomic mass is 15.7. The standard InChI is InChI=1S/C8H17N4/c1-2-12-6-9-3-10(7-12)5-11(4-9)8-12/h2-8H2,1H3/q+1. The highest BCUT2D eigenvalue weighted by molar-refractivity contribution is 4.73. The highest BCUT2D eigenvalue weighted by Gasteiger charge is 2.47. The molecule has 0 aliphatic carbocycles. The smallest absolute Gasteiger partial charge is 0.139 e. The van der Waals surface area contributed by atoms with Gasteiger partial charge in [0, 0.05) is 0 Å². The first-order valence-electron chi connectivity index (χ1n) is 4.82. The van der Waals surface area contributed by atoms with E-state index in [0.717, 1.165) is 0 Å². The molecule has 4 bridgehead atoms. The highest BCUT2D eigenvalue weighted by Crippen LogP contribution is 2.27. The Morgan fingerprint density at radius 1 is 0.917 bits per heavy atom. The summed E-state index contributed by atoms with van der Waals surface area (Å²) in [5.41, 5.74) is 0. The van der Waals surface area contributed by atoms with Crippen LogP contribution in [0.25, 0.3) is 0 Å². The van der Waals surface area contributed by atoms with Gasteiger partial charge in [0.25, 0.3) is 0 Å². The first-order valence-corrected chi connectivity index (χ1v) is 4.82. The Hall–Kier alpha value is -0.160. The Labute approximate surface area is 73.5 Å². The first-order chi connectivity index (χ1) is 5.80. The lowest BCUT2D eigenvalue weighted by Gasteiger charge is -2.60. The van der Waals surface area contributed by atoms with Gasteiger partial charge in [-0.1, -0.05) is 0 Å². The molecule has 4 aliphatic rings. The Kier molecular flexibility index (Phi) is 1.33. The Morgan fingerprint density at radius 3 is 1.67 bits per heavy atom. The Morgan fingerprint density at radius 2 is 1.33 bits per heavy atom. The number of rotatable bonds is 1. The molecule has 0 radical (unpaired) electrons. The molecule has 4 heterocycles. The molecule has 4 aliphatic heterocycles. The van der Waals surface area contributed by atoms with Crippen LogP contribution < -0.4 is 0 Å².